The predicted molar refractivity (Wildman–Crippen MR) is 72.0 cm³/mol. The molecule has 4 heteroatoms. The van der Waals surface area contributed by atoms with Gasteiger partial charge in [0.25, 0.3) is 0 Å². The Kier molecular flexibility index (Phi) is 2.85. The molecule has 1 aromatic carbocycles. The van der Waals surface area contributed by atoms with Gasteiger partial charge in [0.05, 0.1) is 17.8 Å². The second-order valence-electron chi connectivity index (χ2n) is 5.05. The molecule has 0 saturated carbocycles. The molecule has 0 spiro atoms. The van der Waals surface area contributed by atoms with Crippen LogP contribution in [0.5, 0.6) is 0 Å². The number of carbonyl (C=O) groups is 1. The Morgan fingerprint density at radius 1 is 1.32 bits per heavy atom. The van der Waals surface area contributed by atoms with Crippen LogP contribution in [0.3, 0.4) is 0 Å². The molecule has 0 bridgehead atoms. The highest BCUT2D eigenvalue weighted by molar-refractivity contribution is 5.71. The van der Waals surface area contributed by atoms with E-state index < -0.39 is 5.97 Å². The lowest BCUT2D eigenvalue weighted by atomic mass is 10.0. The van der Waals surface area contributed by atoms with Crippen LogP contribution in [0.15, 0.2) is 24.3 Å². The Morgan fingerprint density at radius 2 is 2.11 bits per heavy atom. The molecule has 0 aliphatic heterocycles. The first-order valence-corrected chi connectivity index (χ1v) is 6.50. The first-order chi connectivity index (χ1) is 9.13. The molecule has 1 N–H and O–H groups in total. The van der Waals surface area contributed by atoms with Gasteiger partial charge in [-0.2, -0.15) is 5.10 Å². The Hall–Kier alpha value is -2.10. The maximum atomic E-state index is 10.7. The summed E-state index contributed by atoms with van der Waals surface area (Å²) >= 11 is 0. The van der Waals surface area contributed by atoms with Crippen molar-refractivity contribution in [2.45, 2.75) is 25.7 Å². The highest BCUT2D eigenvalue weighted by Gasteiger charge is 2.14. The highest BCUT2D eigenvalue weighted by atomic mass is 16.4. The van der Waals surface area contributed by atoms with Gasteiger partial charge in [-0.1, -0.05) is 12.1 Å². The van der Waals surface area contributed by atoms with Crippen LogP contribution >= 0.6 is 0 Å². The second-order valence-corrected chi connectivity index (χ2v) is 5.05. The molecule has 0 fully saturated rings. The van der Waals surface area contributed by atoms with Crippen molar-refractivity contribution < 1.29 is 9.90 Å². The van der Waals surface area contributed by atoms with E-state index in [9.17, 15) is 4.79 Å². The molecule has 0 radical (unpaired) electrons. The number of rotatable bonds is 3. The van der Waals surface area contributed by atoms with Crippen molar-refractivity contribution in [1.29, 1.82) is 0 Å². The van der Waals surface area contributed by atoms with Gasteiger partial charge in [0, 0.05) is 12.6 Å². The molecule has 0 saturated heterocycles. The third kappa shape index (κ3) is 2.26. The molecule has 0 atom stereocenters. The summed E-state index contributed by atoms with van der Waals surface area (Å²) in [7, 11) is 1.86. The van der Waals surface area contributed by atoms with Crippen LogP contribution in [-0.4, -0.2) is 20.9 Å². The maximum Gasteiger partial charge on any atom is 0.309 e. The van der Waals surface area contributed by atoms with Gasteiger partial charge in [0.2, 0.25) is 0 Å². The zero-order chi connectivity index (χ0) is 13.4. The van der Waals surface area contributed by atoms with Crippen LogP contribution in [-0.2, 0) is 31.1 Å². The minimum Gasteiger partial charge on any atom is -0.481 e. The van der Waals surface area contributed by atoms with Crippen LogP contribution < -0.4 is 0 Å². The van der Waals surface area contributed by atoms with Gasteiger partial charge in [-0.3, -0.25) is 9.48 Å². The van der Waals surface area contributed by atoms with E-state index in [1.54, 1.807) is 4.68 Å². The standard InChI is InChI=1S/C15H16N2O2/c1-17-14(8-13(16-17)9-15(18)19)12-6-5-10-3-2-4-11(10)7-12/h5-8H,2-4,9H2,1H3,(H,18,19). The van der Waals surface area contributed by atoms with Gasteiger partial charge < -0.3 is 5.11 Å². The van der Waals surface area contributed by atoms with E-state index >= 15 is 0 Å². The molecular formula is C15H16N2O2. The van der Waals surface area contributed by atoms with Crippen LogP contribution in [0.25, 0.3) is 11.3 Å². The fraction of sp³-hybridized carbons (Fsp3) is 0.333. The quantitative estimate of drug-likeness (QED) is 0.916. The Morgan fingerprint density at radius 3 is 2.89 bits per heavy atom. The van der Waals surface area contributed by atoms with Gasteiger partial charge in [0.1, 0.15) is 0 Å². The number of hydrogen-bond donors (Lipinski definition) is 1. The lowest BCUT2D eigenvalue weighted by molar-refractivity contribution is -0.136. The summed E-state index contributed by atoms with van der Waals surface area (Å²) in [4.78, 5) is 10.7. The zero-order valence-corrected chi connectivity index (χ0v) is 10.9. The number of hydrogen-bond acceptors (Lipinski definition) is 2. The number of aryl methyl sites for hydroxylation is 3. The van der Waals surface area contributed by atoms with Crippen LogP contribution in [0.2, 0.25) is 0 Å². The largest absolute Gasteiger partial charge is 0.481 e. The van der Waals surface area contributed by atoms with Crippen molar-refractivity contribution >= 4 is 5.97 Å². The average Bonchev–Trinajstić information content (AvgIpc) is 2.93. The molecule has 4 nitrogen and oxygen atoms in total. The lowest BCUT2D eigenvalue weighted by Gasteiger charge is -2.05. The van der Waals surface area contributed by atoms with Crippen molar-refractivity contribution in [2.75, 3.05) is 0 Å². The Labute approximate surface area is 111 Å². The first kappa shape index (κ1) is 12.0. The van der Waals surface area contributed by atoms with E-state index in [1.807, 2.05) is 13.1 Å². The monoisotopic (exact) mass is 256 g/mol. The van der Waals surface area contributed by atoms with Gasteiger partial charge in [0.15, 0.2) is 0 Å². The summed E-state index contributed by atoms with van der Waals surface area (Å²) in [5.74, 6) is -0.849. The SMILES string of the molecule is Cn1nc(CC(=O)O)cc1-c1ccc2c(c1)CCC2. The number of aromatic nitrogens is 2. The Bertz CT molecular complexity index is 644. The molecule has 1 aliphatic rings. The third-order valence-corrected chi connectivity index (χ3v) is 3.66. The number of carboxylic acid groups (broad SMARTS) is 1. The maximum absolute atomic E-state index is 10.7. The van der Waals surface area contributed by atoms with Crippen LogP contribution in [0, 0.1) is 0 Å². The first-order valence-electron chi connectivity index (χ1n) is 6.50. The van der Waals surface area contributed by atoms with E-state index in [4.69, 9.17) is 5.11 Å². The number of carboxylic acids is 1. The van der Waals surface area contributed by atoms with Crippen molar-refractivity contribution in [1.82, 2.24) is 9.78 Å². The van der Waals surface area contributed by atoms with Crippen molar-refractivity contribution in [2.24, 2.45) is 7.05 Å². The summed E-state index contributed by atoms with van der Waals surface area (Å²) in [5, 5.41) is 13.1. The highest BCUT2D eigenvalue weighted by Crippen LogP contribution is 2.28. The van der Waals surface area contributed by atoms with Gasteiger partial charge in [-0.15, -0.1) is 0 Å². The van der Waals surface area contributed by atoms with E-state index in [0.29, 0.717) is 5.69 Å². The van der Waals surface area contributed by atoms with E-state index in [1.165, 1.54) is 24.0 Å². The van der Waals surface area contributed by atoms with Crippen molar-refractivity contribution in [3.05, 3.63) is 41.1 Å². The molecule has 0 unspecified atom stereocenters. The number of fused-ring (bicyclic) bond motifs is 1. The van der Waals surface area contributed by atoms with Crippen LogP contribution in [0.4, 0.5) is 0 Å². The molecular weight excluding hydrogens is 240 g/mol. The Balaban J connectivity index is 1.97. The smallest absolute Gasteiger partial charge is 0.309 e. The molecule has 1 aliphatic carbocycles. The van der Waals surface area contributed by atoms with E-state index in [-0.39, 0.29) is 6.42 Å². The van der Waals surface area contributed by atoms with Gasteiger partial charge >= 0.3 is 5.97 Å². The summed E-state index contributed by atoms with van der Waals surface area (Å²) in [6.07, 6.45) is 3.52. The fourth-order valence-corrected chi connectivity index (χ4v) is 2.77. The van der Waals surface area contributed by atoms with E-state index in [2.05, 4.69) is 23.3 Å². The van der Waals surface area contributed by atoms with E-state index in [0.717, 1.165) is 17.7 Å². The van der Waals surface area contributed by atoms with Crippen molar-refractivity contribution in [3.63, 3.8) is 0 Å². The number of benzene rings is 1. The lowest BCUT2D eigenvalue weighted by Crippen LogP contribution is -2.01. The average molecular weight is 256 g/mol. The zero-order valence-electron chi connectivity index (χ0n) is 10.9. The van der Waals surface area contributed by atoms with Gasteiger partial charge in [-0.25, -0.2) is 0 Å². The minimum absolute atomic E-state index is 0.0290. The second kappa shape index (κ2) is 4.53. The molecule has 98 valence electrons. The molecule has 2 aromatic rings. The van der Waals surface area contributed by atoms with Crippen molar-refractivity contribution in [3.8, 4) is 11.3 Å². The molecule has 3 rings (SSSR count). The fourth-order valence-electron chi connectivity index (χ4n) is 2.77. The molecule has 19 heavy (non-hydrogen) atoms. The topological polar surface area (TPSA) is 55.1 Å². The molecule has 0 amide bonds. The number of nitrogens with zero attached hydrogens (tertiary/aromatic N) is 2. The normalized spacial score (nSPS) is 13.5. The summed E-state index contributed by atoms with van der Waals surface area (Å²) in [5.41, 5.74) is 5.55. The summed E-state index contributed by atoms with van der Waals surface area (Å²) < 4.78 is 1.76. The summed E-state index contributed by atoms with van der Waals surface area (Å²) in [6, 6.07) is 8.36. The third-order valence-electron chi connectivity index (χ3n) is 3.66. The van der Waals surface area contributed by atoms with Gasteiger partial charge in [-0.05, 0) is 42.5 Å². The molecule has 1 aromatic heterocycles. The van der Waals surface area contributed by atoms with Crippen LogP contribution in [0.1, 0.15) is 23.2 Å². The summed E-state index contributed by atoms with van der Waals surface area (Å²) in [6.45, 7) is 0. The molecule has 1 heterocycles. The number of aliphatic carboxylic acids is 1. The minimum atomic E-state index is -0.849. The predicted octanol–water partition coefficient (Wildman–Crippen LogP) is 2.20.